The molecule has 0 aliphatic carbocycles. The van der Waals surface area contributed by atoms with E-state index in [1.54, 1.807) is 0 Å². The first-order valence-electron chi connectivity index (χ1n) is 6.01. The quantitative estimate of drug-likeness (QED) is 0.605. The van der Waals surface area contributed by atoms with Crippen molar-refractivity contribution in [1.82, 2.24) is 5.32 Å². The minimum absolute atomic E-state index is 0.216. The van der Waals surface area contributed by atoms with Gasteiger partial charge in [0, 0.05) is 0 Å². The number of nitrogens with two attached hydrogens (primary N) is 1. The Balaban J connectivity index is 4.35. The smallest absolute Gasteiger partial charge is 0.249 e. The standard InChI is InChI=1S/C12H24N2O3/c1-7(2)5-9(11(13)16)14-12(17)10(15)6-8(3)4/h7-10,15H,5-6H2,1-4H3,(H2,13,16)(H,14,17). The van der Waals surface area contributed by atoms with Crippen LogP contribution in [0.2, 0.25) is 0 Å². The molecule has 5 nitrogen and oxygen atoms in total. The van der Waals surface area contributed by atoms with Crippen molar-refractivity contribution in [2.24, 2.45) is 17.6 Å². The van der Waals surface area contributed by atoms with Crippen molar-refractivity contribution < 1.29 is 14.7 Å². The first-order valence-corrected chi connectivity index (χ1v) is 6.01. The average molecular weight is 244 g/mol. The van der Waals surface area contributed by atoms with E-state index in [0.29, 0.717) is 12.8 Å². The molecular formula is C12H24N2O3. The third-order valence-electron chi connectivity index (χ3n) is 2.36. The zero-order valence-electron chi connectivity index (χ0n) is 11.1. The first-order chi connectivity index (χ1) is 7.73. The highest BCUT2D eigenvalue weighted by molar-refractivity contribution is 5.88. The van der Waals surface area contributed by atoms with Crippen molar-refractivity contribution >= 4 is 11.8 Å². The number of primary amides is 1. The minimum atomic E-state index is -1.08. The fraction of sp³-hybridized carbons (Fsp3) is 0.833. The number of hydrogen-bond donors (Lipinski definition) is 3. The Hall–Kier alpha value is -1.10. The molecule has 0 fully saturated rings. The second kappa shape index (κ2) is 7.27. The number of aliphatic hydroxyl groups excluding tert-OH is 1. The molecule has 0 aliphatic rings. The summed E-state index contributed by atoms with van der Waals surface area (Å²) in [5.74, 6) is -0.630. The van der Waals surface area contributed by atoms with Crippen LogP contribution in [-0.4, -0.2) is 29.1 Å². The largest absolute Gasteiger partial charge is 0.383 e. The summed E-state index contributed by atoms with van der Waals surface area (Å²) in [7, 11) is 0. The fourth-order valence-electron chi connectivity index (χ4n) is 1.54. The molecule has 4 N–H and O–H groups in total. The number of nitrogens with one attached hydrogen (secondary N) is 1. The molecule has 0 radical (unpaired) electrons. The first kappa shape index (κ1) is 15.9. The van der Waals surface area contributed by atoms with E-state index in [4.69, 9.17) is 5.73 Å². The fourth-order valence-corrected chi connectivity index (χ4v) is 1.54. The van der Waals surface area contributed by atoms with Gasteiger partial charge >= 0.3 is 0 Å². The van der Waals surface area contributed by atoms with Crippen LogP contribution in [0.15, 0.2) is 0 Å². The van der Waals surface area contributed by atoms with Gasteiger partial charge in [-0.3, -0.25) is 9.59 Å². The molecular weight excluding hydrogens is 220 g/mol. The van der Waals surface area contributed by atoms with Gasteiger partial charge in [-0.1, -0.05) is 27.7 Å². The number of hydrogen-bond acceptors (Lipinski definition) is 3. The van der Waals surface area contributed by atoms with Gasteiger partial charge in [0.25, 0.3) is 0 Å². The monoisotopic (exact) mass is 244 g/mol. The van der Waals surface area contributed by atoms with Crippen molar-refractivity contribution in [3.05, 3.63) is 0 Å². The number of aliphatic hydroxyl groups is 1. The van der Waals surface area contributed by atoms with Gasteiger partial charge in [-0.05, 0) is 24.7 Å². The van der Waals surface area contributed by atoms with Gasteiger partial charge in [-0.2, -0.15) is 0 Å². The molecule has 0 spiro atoms. The molecule has 0 rings (SSSR count). The Morgan fingerprint density at radius 2 is 1.59 bits per heavy atom. The maximum Gasteiger partial charge on any atom is 0.249 e. The van der Waals surface area contributed by atoms with Crippen LogP contribution in [0.5, 0.6) is 0 Å². The molecule has 100 valence electrons. The summed E-state index contributed by atoms with van der Waals surface area (Å²) < 4.78 is 0. The van der Waals surface area contributed by atoms with E-state index in [9.17, 15) is 14.7 Å². The van der Waals surface area contributed by atoms with Crippen molar-refractivity contribution in [2.45, 2.75) is 52.7 Å². The lowest BCUT2D eigenvalue weighted by molar-refractivity contribution is -0.134. The van der Waals surface area contributed by atoms with Gasteiger partial charge in [0.1, 0.15) is 12.1 Å². The highest BCUT2D eigenvalue weighted by Crippen LogP contribution is 2.07. The molecule has 2 atom stereocenters. The van der Waals surface area contributed by atoms with Crippen molar-refractivity contribution in [2.75, 3.05) is 0 Å². The number of carbonyl (C=O) groups excluding carboxylic acids is 2. The molecule has 5 heteroatoms. The Bertz CT molecular complexity index is 264. The molecule has 0 aliphatic heterocycles. The van der Waals surface area contributed by atoms with E-state index in [1.807, 2.05) is 27.7 Å². The minimum Gasteiger partial charge on any atom is -0.383 e. The molecule has 0 saturated heterocycles. The number of amides is 2. The SMILES string of the molecule is CC(C)CC(O)C(=O)NC(CC(C)C)C(N)=O. The van der Waals surface area contributed by atoms with Gasteiger partial charge in [0.15, 0.2) is 0 Å². The van der Waals surface area contributed by atoms with Gasteiger partial charge in [0.05, 0.1) is 0 Å². The normalized spacial score (nSPS) is 14.8. The molecule has 0 bridgehead atoms. The van der Waals surface area contributed by atoms with E-state index in [2.05, 4.69) is 5.32 Å². The molecule has 0 saturated carbocycles. The lowest BCUT2D eigenvalue weighted by atomic mass is 10.0. The van der Waals surface area contributed by atoms with E-state index in [1.165, 1.54) is 0 Å². The topological polar surface area (TPSA) is 92.4 Å². The van der Waals surface area contributed by atoms with Gasteiger partial charge in [-0.25, -0.2) is 0 Å². The number of carbonyl (C=O) groups is 2. The average Bonchev–Trinajstić information content (AvgIpc) is 2.14. The summed E-state index contributed by atoms with van der Waals surface area (Å²) in [6.07, 6.45) is -0.224. The van der Waals surface area contributed by atoms with Gasteiger partial charge in [0.2, 0.25) is 11.8 Å². The zero-order chi connectivity index (χ0) is 13.6. The van der Waals surface area contributed by atoms with Crippen molar-refractivity contribution in [1.29, 1.82) is 0 Å². The molecule has 0 aromatic rings. The third kappa shape index (κ3) is 6.94. The van der Waals surface area contributed by atoms with Crippen molar-refractivity contribution in [3.8, 4) is 0 Å². The van der Waals surface area contributed by atoms with E-state index >= 15 is 0 Å². The molecule has 2 unspecified atom stereocenters. The Morgan fingerprint density at radius 1 is 1.12 bits per heavy atom. The third-order valence-corrected chi connectivity index (χ3v) is 2.36. The zero-order valence-corrected chi connectivity index (χ0v) is 11.1. The van der Waals surface area contributed by atoms with Crippen LogP contribution in [0.25, 0.3) is 0 Å². The highest BCUT2D eigenvalue weighted by Gasteiger charge is 2.23. The van der Waals surface area contributed by atoms with Crippen LogP contribution in [0.3, 0.4) is 0 Å². The summed E-state index contributed by atoms with van der Waals surface area (Å²) in [6, 6.07) is -0.704. The molecule has 17 heavy (non-hydrogen) atoms. The van der Waals surface area contributed by atoms with Crippen LogP contribution in [0, 0.1) is 11.8 Å². The van der Waals surface area contributed by atoms with E-state index in [-0.39, 0.29) is 11.8 Å². The molecule has 0 heterocycles. The van der Waals surface area contributed by atoms with Crippen LogP contribution >= 0.6 is 0 Å². The summed E-state index contributed by atoms with van der Waals surface area (Å²) in [5, 5.41) is 12.1. The Kier molecular flexibility index (Phi) is 6.80. The summed E-state index contributed by atoms with van der Waals surface area (Å²) in [6.45, 7) is 7.70. The summed E-state index contributed by atoms with van der Waals surface area (Å²) in [4.78, 5) is 22.7. The molecule has 0 aromatic heterocycles. The van der Waals surface area contributed by atoms with Crippen LogP contribution in [0.4, 0.5) is 0 Å². The molecule has 0 aromatic carbocycles. The summed E-state index contributed by atoms with van der Waals surface area (Å²) >= 11 is 0. The second-order valence-corrected chi connectivity index (χ2v) is 5.24. The number of rotatable bonds is 7. The van der Waals surface area contributed by atoms with Crippen LogP contribution in [-0.2, 0) is 9.59 Å². The van der Waals surface area contributed by atoms with Gasteiger partial charge in [-0.15, -0.1) is 0 Å². The maximum atomic E-state index is 11.6. The summed E-state index contributed by atoms with van der Waals surface area (Å²) in [5.41, 5.74) is 5.20. The Morgan fingerprint density at radius 3 is 1.94 bits per heavy atom. The maximum absolute atomic E-state index is 11.6. The van der Waals surface area contributed by atoms with Gasteiger partial charge < -0.3 is 16.2 Å². The predicted octanol–water partition coefficient (Wildman–Crippen LogP) is 0.410. The molecule has 2 amide bonds. The lowest BCUT2D eigenvalue weighted by Gasteiger charge is -2.20. The van der Waals surface area contributed by atoms with Crippen LogP contribution < -0.4 is 11.1 Å². The lowest BCUT2D eigenvalue weighted by Crippen LogP contribution is -2.48. The van der Waals surface area contributed by atoms with Crippen LogP contribution in [0.1, 0.15) is 40.5 Å². The van der Waals surface area contributed by atoms with Crippen molar-refractivity contribution in [3.63, 3.8) is 0 Å². The second-order valence-electron chi connectivity index (χ2n) is 5.24. The van der Waals surface area contributed by atoms with E-state index < -0.39 is 24.0 Å². The highest BCUT2D eigenvalue weighted by atomic mass is 16.3. The predicted molar refractivity (Wildman–Crippen MR) is 66.0 cm³/mol. The Labute approximate surface area is 103 Å². The van der Waals surface area contributed by atoms with E-state index in [0.717, 1.165) is 0 Å².